The maximum absolute atomic E-state index is 4.62. The van der Waals surface area contributed by atoms with Crippen molar-refractivity contribution in [2.45, 2.75) is 31.1 Å². The Morgan fingerprint density at radius 2 is 2.11 bits per heavy atom. The molecule has 2 nitrogen and oxygen atoms in total. The highest BCUT2D eigenvalue weighted by Gasteiger charge is 2.24. The normalized spacial score (nSPS) is 18.2. The van der Waals surface area contributed by atoms with Crippen LogP contribution in [-0.2, 0) is 11.8 Å². The fraction of sp³-hybridized carbons (Fsp3) is 0.312. The molecule has 3 rings (SSSR count). The van der Waals surface area contributed by atoms with Gasteiger partial charge in [0.05, 0.1) is 0 Å². The van der Waals surface area contributed by atoms with Gasteiger partial charge in [-0.05, 0) is 43.0 Å². The maximum atomic E-state index is 4.62. The van der Waals surface area contributed by atoms with Crippen LogP contribution >= 0.6 is 15.9 Å². The van der Waals surface area contributed by atoms with Crippen LogP contribution in [0.1, 0.15) is 24.5 Å². The fourth-order valence-electron chi connectivity index (χ4n) is 2.68. The van der Waals surface area contributed by atoms with Crippen LogP contribution in [-0.4, -0.2) is 11.0 Å². The summed E-state index contributed by atoms with van der Waals surface area (Å²) in [5.41, 5.74) is 3.94. The molecule has 3 heteroatoms. The van der Waals surface area contributed by atoms with Gasteiger partial charge in [0.1, 0.15) is 5.82 Å². The summed E-state index contributed by atoms with van der Waals surface area (Å²) in [4.78, 5) is 6.98. The van der Waals surface area contributed by atoms with E-state index in [1.165, 1.54) is 23.2 Å². The topological polar surface area (TPSA) is 16.1 Å². The van der Waals surface area contributed by atoms with Gasteiger partial charge >= 0.3 is 0 Å². The van der Waals surface area contributed by atoms with E-state index in [-0.39, 0.29) is 0 Å². The molecule has 1 aliphatic rings. The summed E-state index contributed by atoms with van der Waals surface area (Å²) in [6, 6.07) is 13.4. The first-order valence-electron chi connectivity index (χ1n) is 6.67. The Bertz CT molecular complexity index is 565. The van der Waals surface area contributed by atoms with Crippen molar-refractivity contribution in [2.75, 3.05) is 4.90 Å². The Morgan fingerprint density at radius 1 is 1.26 bits per heavy atom. The highest BCUT2D eigenvalue weighted by atomic mass is 79.9. The third kappa shape index (κ3) is 2.39. The Morgan fingerprint density at radius 3 is 2.84 bits per heavy atom. The largest absolute Gasteiger partial charge is 0.323 e. The number of alkyl halides is 1. The van der Waals surface area contributed by atoms with E-state index in [0.717, 1.165) is 17.6 Å². The molecule has 0 spiro atoms. The SMILES string of the molecule is CC1CCc2ccccc2N1c1ccc(CBr)cn1. The maximum Gasteiger partial charge on any atom is 0.133 e. The first-order chi connectivity index (χ1) is 9.29. The number of hydrogen-bond donors (Lipinski definition) is 0. The highest BCUT2D eigenvalue weighted by molar-refractivity contribution is 9.08. The second-order valence-corrected chi connectivity index (χ2v) is 5.61. The quantitative estimate of drug-likeness (QED) is 0.761. The first kappa shape index (κ1) is 12.7. The second kappa shape index (κ2) is 5.33. The zero-order chi connectivity index (χ0) is 13.2. The molecule has 0 radical (unpaired) electrons. The molecule has 1 unspecified atom stereocenters. The molecule has 0 saturated carbocycles. The van der Waals surface area contributed by atoms with E-state index in [1.807, 2.05) is 6.20 Å². The van der Waals surface area contributed by atoms with Gasteiger partial charge in [0, 0.05) is 23.3 Å². The number of halogens is 1. The van der Waals surface area contributed by atoms with Crippen LogP contribution in [0.15, 0.2) is 42.6 Å². The Balaban J connectivity index is 2.02. The first-order valence-corrected chi connectivity index (χ1v) is 7.80. The average molecular weight is 317 g/mol. The summed E-state index contributed by atoms with van der Waals surface area (Å²) in [5, 5.41) is 0.854. The number of fused-ring (bicyclic) bond motifs is 1. The van der Waals surface area contributed by atoms with E-state index in [2.05, 4.69) is 69.1 Å². The summed E-state index contributed by atoms with van der Waals surface area (Å²) in [6.07, 6.45) is 4.29. The zero-order valence-corrected chi connectivity index (χ0v) is 12.6. The minimum Gasteiger partial charge on any atom is -0.323 e. The van der Waals surface area contributed by atoms with Crippen LogP contribution in [0, 0.1) is 0 Å². The van der Waals surface area contributed by atoms with Gasteiger partial charge < -0.3 is 4.90 Å². The van der Waals surface area contributed by atoms with Crippen molar-refractivity contribution in [3.8, 4) is 0 Å². The van der Waals surface area contributed by atoms with E-state index in [0.29, 0.717) is 6.04 Å². The number of hydrogen-bond acceptors (Lipinski definition) is 2. The van der Waals surface area contributed by atoms with Crippen molar-refractivity contribution in [1.82, 2.24) is 4.98 Å². The molecular weight excluding hydrogens is 300 g/mol. The summed E-state index contributed by atoms with van der Waals surface area (Å²) >= 11 is 3.46. The third-order valence-corrected chi connectivity index (χ3v) is 4.38. The van der Waals surface area contributed by atoms with Gasteiger partial charge in [0.25, 0.3) is 0 Å². The van der Waals surface area contributed by atoms with Gasteiger partial charge in [-0.25, -0.2) is 4.98 Å². The number of para-hydroxylation sites is 1. The monoisotopic (exact) mass is 316 g/mol. The van der Waals surface area contributed by atoms with Gasteiger partial charge in [-0.3, -0.25) is 0 Å². The molecule has 0 bridgehead atoms. The summed E-state index contributed by atoms with van der Waals surface area (Å²) in [5.74, 6) is 1.05. The molecule has 2 heterocycles. The van der Waals surface area contributed by atoms with Crippen LogP contribution < -0.4 is 4.90 Å². The van der Waals surface area contributed by atoms with Crippen molar-refractivity contribution in [1.29, 1.82) is 0 Å². The average Bonchev–Trinajstić information content (AvgIpc) is 2.47. The van der Waals surface area contributed by atoms with Crippen LogP contribution in [0.5, 0.6) is 0 Å². The lowest BCUT2D eigenvalue weighted by atomic mass is 9.96. The van der Waals surface area contributed by atoms with Gasteiger partial charge in [-0.15, -0.1) is 0 Å². The Kier molecular flexibility index (Phi) is 3.56. The number of nitrogens with zero attached hydrogens (tertiary/aromatic N) is 2. The number of benzene rings is 1. The van der Waals surface area contributed by atoms with Crippen molar-refractivity contribution in [3.63, 3.8) is 0 Å². The van der Waals surface area contributed by atoms with Crippen LogP contribution in [0.4, 0.5) is 11.5 Å². The third-order valence-electron chi connectivity index (χ3n) is 3.73. The van der Waals surface area contributed by atoms with Gasteiger partial charge in [-0.2, -0.15) is 0 Å². The Labute approximate surface area is 122 Å². The van der Waals surface area contributed by atoms with E-state index in [4.69, 9.17) is 0 Å². The van der Waals surface area contributed by atoms with Crippen molar-refractivity contribution in [2.24, 2.45) is 0 Å². The van der Waals surface area contributed by atoms with E-state index in [1.54, 1.807) is 0 Å². The number of rotatable bonds is 2. The number of aryl methyl sites for hydroxylation is 1. The summed E-state index contributed by atoms with van der Waals surface area (Å²) < 4.78 is 0. The van der Waals surface area contributed by atoms with Crippen LogP contribution in [0.2, 0.25) is 0 Å². The number of aromatic nitrogens is 1. The van der Waals surface area contributed by atoms with Gasteiger partial charge in [-0.1, -0.05) is 40.2 Å². The van der Waals surface area contributed by atoms with Crippen LogP contribution in [0.25, 0.3) is 0 Å². The predicted octanol–water partition coefficient (Wildman–Crippen LogP) is 4.45. The molecule has 0 aliphatic carbocycles. The van der Waals surface area contributed by atoms with Crippen molar-refractivity contribution in [3.05, 3.63) is 53.7 Å². The number of pyridine rings is 1. The molecule has 1 aromatic carbocycles. The van der Waals surface area contributed by atoms with Gasteiger partial charge in [0.15, 0.2) is 0 Å². The predicted molar refractivity (Wildman–Crippen MR) is 83.2 cm³/mol. The molecule has 0 amide bonds. The fourth-order valence-corrected chi connectivity index (χ4v) is 3.01. The lowest BCUT2D eigenvalue weighted by molar-refractivity contribution is 0.613. The highest BCUT2D eigenvalue weighted by Crippen LogP contribution is 2.35. The molecule has 98 valence electrons. The standard InChI is InChI=1S/C16H17BrN2/c1-12-6-8-14-4-2-3-5-15(14)19(12)16-9-7-13(10-17)11-18-16/h2-5,7,9,11-12H,6,8,10H2,1H3. The number of anilines is 2. The minimum absolute atomic E-state index is 0.497. The second-order valence-electron chi connectivity index (χ2n) is 5.04. The lowest BCUT2D eigenvalue weighted by Gasteiger charge is -2.36. The van der Waals surface area contributed by atoms with Crippen molar-refractivity contribution >= 4 is 27.4 Å². The molecule has 0 fully saturated rings. The molecule has 1 aliphatic heterocycles. The molecule has 19 heavy (non-hydrogen) atoms. The zero-order valence-electron chi connectivity index (χ0n) is 11.0. The molecular formula is C16H17BrN2. The van der Waals surface area contributed by atoms with E-state index < -0.39 is 0 Å². The van der Waals surface area contributed by atoms with Crippen molar-refractivity contribution < 1.29 is 0 Å². The molecule has 0 saturated heterocycles. The summed E-state index contributed by atoms with van der Waals surface area (Å²) in [6.45, 7) is 2.27. The van der Waals surface area contributed by atoms with Gasteiger partial charge in [0.2, 0.25) is 0 Å². The minimum atomic E-state index is 0.497. The smallest absolute Gasteiger partial charge is 0.133 e. The lowest BCUT2D eigenvalue weighted by Crippen LogP contribution is -2.33. The van der Waals surface area contributed by atoms with Crippen LogP contribution in [0.3, 0.4) is 0 Å². The summed E-state index contributed by atoms with van der Waals surface area (Å²) in [7, 11) is 0. The molecule has 2 aromatic rings. The van der Waals surface area contributed by atoms with E-state index in [9.17, 15) is 0 Å². The molecule has 1 atom stereocenters. The van der Waals surface area contributed by atoms with E-state index >= 15 is 0 Å². The molecule has 1 aromatic heterocycles. The molecule has 0 N–H and O–H groups in total. The Hall–Kier alpha value is -1.35.